The number of rotatable bonds is 5. The lowest BCUT2D eigenvalue weighted by Crippen LogP contribution is -2.47. The number of nitrogens with one attached hydrogen (secondary N) is 1. The summed E-state index contributed by atoms with van der Waals surface area (Å²) in [6.45, 7) is 5.97. The Hall–Kier alpha value is -2.08. The van der Waals surface area contributed by atoms with Crippen LogP contribution in [0.1, 0.15) is 50.4 Å². The number of aliphatic carboxylic acids is 1. The van der Waals surface area contributed by atoms with E-state index in [0.29, 0.717) is 24.9 Å². The lowest BCUT2D eigenvalue weighted by Gasteiger charge is -2.36. The third kappa shape index (κ3) is 4.97. The van der Waals surface area contributed by atoms with Gasteiger partial charge in [-0.3, -0.25) is 14.4 Å². The van der Waals surface area contributed by atoms with Crippen LogP contribution in [0.25, 0.3) is 0 Å². The minimum Gasteiger partial charge on any atom is -0.481 e. The Morgan fingerprint density at radius 1 is 1.31 bits per heavy atom. The first kappa shape index (κ1) is 20.2. The molecule has 1 fully saturated rings. The van der Waals surface area contributed by atoms with Crippen molar-refractivity contribution in [1.82, 2.24) is 4.90 Å². The van der Waals surface area contributed by atoms with Crippen molar-refractivity contribution in [3.05, 3.63) is 28.8 Å². The van der Waals surface area contributed by atoms with Gasteiger partial charge in [0.2, 0.25) is 5.91 Å². The van der Waals surface area contributed by atoms with Crippen LogP contribution < -0.4 is 5.32 Å². The molecule has 0 radical (unpaired) electrons. The Bertz CT molecular complexity index is 705. The standard InChI is InChI=1S/C19H25ClN2O4/c1-11(2)8-17(23)21-14-6-7-16(20)15(9-14)18(24)22-10-13(19(25)26)5-4-12(22)3/h6-7,9,11-13H,4-5,8,10H2,1-3H3,(H,21,23)(H,25,26). The molecule has 0 saturated carbocycles. The Kier molecular flexibility index (Phi) is 6.64. The maximum atomic E-state index is 13.0. The van der Waals surface area contributed by atoms with Crippen molar-refractivity contribution >= 4 is 35.1 Å². The van der Waals surface area contributed by atoms with Gasteiger partial charge in [0.25, 0.3) is 5.91 Å². The molecule has 2 rings (SSSR count). The van der Waals surface area contributed by atoms with E-state index in [0.717, 1.165) is 0 Å². The fourth-order valence-electron chi connectivity index (χ4n) is 3.10. The zero-order chi connectivity index (χ0) is 19.4. The predicted molar refractivity (Wildman–Crippen MR) is 100 cm³/mol. The molecule has 1 heterocycles. The molecule has 0 aliphatic carbocycles. The zero-order valence-corrected chi connectivity index (χ0v) is 16.0. The van der Waals surface area contributed by atoms with Gasteiger partial charge in [-0.05, 0) is 43.9 Å². The van der Waals surface area contributed by atoms with Gasteiger partial charge in [-0.25, -0.2) is 0 Å². The molecule has 2 unspecified atom stereocenters. The third-order valence-corrected chi connectivity index (χ3v) is 4.90. The summed E-state index contributed by atoms with van der Waals surface area (Å²) in [6, 6.07) is 4.72. The fraction of sp³-hybridized carbons (Fsp3) is 0.526. The van der Waals surface area contributed by atoms with E-state index in [1.54, 1.807) is 23.1 Å². The minimum atomic E-state index is -0.893. The topological polar surface area (TPSA) is 86.7 Å². The maximum absolute atomic E-state index is 13.0. The molecule has 1 saturated heterocycles. The molecule has 2 amide bonds. The van der Waals surface area contributed by atoms with Crippen LogP contribution in [-0.2, 0) is 9.59 Å². The van der Waals surface area contributed by atoms with Crippen molar-refractivity contribution in [2.75, 3.05) is 11.9 Å². The average Bonchev–Trinajstić information content (AvgIpc) is 2.55. The molecule has 1 aromatic rings. The van der Waals surface area contributed by atoms with Crippen molar-refractivity contribution in [2.45, 2.75) is 46.1 Å². The van der Waals surface area contributed by atoms with E-state index in [-0.39, 0.29) is 40.9 Å². The third-order valence-electron chi connectivity index (χ3n) is 4.57. The number of carboxylic acids is 1. The van der Waals surface area contributed by atoms with Crippen LogP contribution in [0.5, 0.6) is 0 Å². The van der Waals surface area contributed by atoms with E-state index in [4.69, 9.17) is 11.6 Å². The number of carbonyl (C=O) groups is 3. The summed E-state index contributed by atoms with van der Waals surface area (Å²) in [6.07, 6.45) is 1.57. The van der Waals surface area contributed by atoms with Crippen LogP contribution >= 0.6 is 11.6 Å². The molecule has 0 bridgehead atoms. The SMILES string of the molecule is CC(C)CC(=O)Nc1ccc(Cl)c(C(=O)N2CC(C(=O)O)CCC2C)c1. The van der Waals surface area contributed by atoms with Crippen LogP contribution in [0.2, 0.25) is 5.02 Å². The average molecular weight is 381 g/mol. The van der Waals surface area contributed by atoms with Gasteiger partial charge in [0.1, 0.15) is 0 Å². The fourth-order valence-corrected chi connectivity index (χ4v) is 3.29. The summed E-state index contributed by atoms with van der Waals surface area (Å²) in [4.78, 5) is 37.7. The zero-order valence-electron chi connectivity index (χ0n) is 15.3. The summed E-state index contributed by atoms with van der Waals surface area (Å²) in [5, 5.41) is 12.3. The number of piperidine rings is 1. The van der Waals surface area contributed by atoms with E-state index in [2.05, 4.69) is 5.32 Å². The number of hydrogen-bond donors (Lipinski definition) is 2. The molecule has 26 heavy (non-hydrogen) atoms. The smallest absolute Gasteiger partial charge is 0.308 e. The molecular weight excluding hydrogens is 356 g/mol. The Morgan fingerprint density at radius 2 is 2.00 bits per heavy atom. The van der Waals surface area contributed by atoms with Crippen molar-refractivity contribution in [1.29, 1.82) is 0 Å². The summed E-state index contributed by atoms with van der Waals surface area (Å²) >= 11 is 6.20. The van der Waals surface area contributed by atoms with Gasteiger partial charge in [-0.2, -0.15) is 0 Å². The van der Waals surface area contributed by atoms with E-state index >= 15 is 0 Å². The Labute approximate surface area is 158 Å². The van der Waals surface area contributed by atoms with E-state index in [9.17, 15) is 19.5 Å². The van der Waals surface area contributed by atoms with Crippen molar-refractivity contribution in [2.24, 2.45) is 11.8 Å². The number of likely N-dealkylation sites (tertiary alicyclic amines) is 1. The number of carbonyl (C=O) groups excluding carboxylic acids is 2. The van der Waals surface area contributed by atoms with Crippen LogP contribution in [0.3, 0.4) is 0 Å². The first-order valence-corrected chi connectivity index (χ1v) is 9.20. The van der Waals surface area contributed by atoms with E-state index < -0.39 is 11.9 Å². The number of hydrogen-bond acceptors (Lipinski definition) is 3. The van der Waals surface area contributed by atoms with Crippen molar-refractivity contribution in [3.8, 4) is 0 Å². The van der Waals surface area contributed by atoms with Crippen molar-refractivity contribution < 1.29 is 19.5 Å². The Balaban J connectivity index is 2.20. The summed E-state index contributed by atoms with van der Waals surface area (Å²) in [5.41, 5.74) is 0.773. The predicted octanol–water partition coefficient (Wildman–Crippen LogP) is 3.65. The highest BCUT2D eigenvalue weighted by Gasteiger charge is 2.33. The van der Waals surface area contributed by atoms with Gasteiger partial charge in [-0.15, -0.1) is 0 Å². The maximum Gasteiger partial charge on any atom is 0.308 e. The highest BCUT2D eigenvalue weighted by Crippen LogP contribution is 2.28. The summed E-state index contributed by atoms with van der Waals surface area (Å²) in [5.74, 6) is -1.67. The Morgan fingerprint density at radius 3 is 2.62 bits per heavy atom. The van der Waals surface area contributed by atoms with Gasteiger partial charge < -0.3 is 15.3 Å². The molecule has 0 aromatic heterocycles. The van der Waals surface area contributed by atoms with E-state index in [1.165, 1.54) is 0 Å². The molecular formula is C19H25ClN2O4. The highest BCUT2D eigenvalue weighted by molar-refractivity contribution is 6.34. The van der Waals surface area contributed by atoms with Gasteiger partial charge in [0.15, 0.2) is 0 Å². The first-order valence-electron chi connectivity index (χ1n) is 8.82. The molecule has 0 spiro atoms. The molecule has 1 aliphatic heterocycles. The number of halogens is 1. The molecule has 6 nitrogen and oxygen atoms in total. The number of benzene rings is 1. The van der Waals surface area contributed by atoms with Crippen LogP contribution in [0.15, 0.2) is 18.2 Å². The van der Waals surface area contributed by atoms with Crippen LogP contribution in [0, 0.1) is 11.8 Å². The second-order valence-corrected chi connectivity index (χ2v) is 7.67. The van der Waals surface area contributed by atoms with Crippen LogP contribution in [-0.4, -0.2) is 40.4 Å². The van der Waals surface area contributed by atoms with Gasteiger partial charge in [0.05, 0.1) is 16.5 Å². The minimum absolute atomic E-state index is 0.0617. The monoisotopic (exact) mass is 380 g/mol. The summed E-state index contributed by atoms with van der Waals surface area (Å²) in [7, 11) is 0. The number of anilines is 1. The number of nitrogens with zero attached hydrogens (tertiary/aromatic N) is 1. The summed E-state index contributed by atoms with van der Waals surface area (Å²) < 4.78 is 0. The van der Waals surface area contributed by atoms with Gasteiger partial charge in [-0.1, -0.05) is 25.4 Å². The lowest BCUT2D eigenvalue weighted by molar-refractivity contribution is -0.143. The lowest BCUT2D eigenvalue weighted by atomic mass is 9.93. The largest absolute Gasteiger partial charge is 0.481 e. The molecule has 1 aromatic carbocycles. The van der Waals surface area contributed by atoms with Gasteiger partial charge in [0, 0.05) is 24.7 Å². The molecule has 2 atom stereocenters. The number of amides is 2. The van der Waals surface area contributed by atoms with Gasteiger partial charge >= 0.3 is 5.97 Å². The quantitative estimate of drug-likeness (QED) is 0.816. The van der Waals surface area contributed by atoms with Crippen LogP contribution in [0.4, 0.5) is 5.69 Å². The molecule has 2 N–H and O–H groups in total. The van der Waals surface area contributed by atoms with Crippen molar-refractivity contribution in [3.63, 3.8) is 0 Å². The normalized spacial score (nSPS) is 20.1. The molecule has 7 heteroatoms. The second kappa shape index (κ2) is 8.54. The second-order valence-electron chi connectivity index (χ2n) is 7.26. The highest BCUT2D eigenvalue weighted by atomic mass is 35.5. The first-order chi connectivity index (χ1) is 12.2. The molecule has 1 aliphatic rings. The molecule has 142 valence electrons. The van der Waals surface area contributed by atoms with E-state index in [1.807, 2.05) is 20.8 Å². The number of carboxylic acid groups (broad SMARTS) is 1.